The van der Waals surface area contributed by atoms with Crippen molar-refractivity contribution in [2.24, 2.45) is 0 Å². The van der Waals surface area contributed by atoms with Gasteiger partial charge < -0.3 is 14.8 Å². The molecule has 2 heterocycles. The summed E-state index contributed by atoms with van der Waals surface area (Å²) in [5, 5.41) is 0. The quantitative estimate of drug-likeness (QED) is 0.765. The second-order valence-corrected chi connectivity index (χ2v) is 7.11. The fourth-order valence-corrected chi connectivity index (χ4v) is 3.61. The van der Waals surface area contributed by atoms with Crippen molar-refractivity contribution in [2.45, 2.75) is 19.9 Å². The molecule has 0 unspecified atom stereocenters. The Labute approximate surface area is 163 Å². The first-order valence-corrected chi connectivity index (χ1v) is 9.31. The summed E-state index contributed by atoms with van der Waals surface area (Å²) in [7, 11) is 0. The molecule has 1 aliphatic rings. The summed E-state index contributed by atoms with van der Waals surface area (Å²) >= 11 is 0. The maximum absolute atomic E-state index is 13.3. The van der Waals surface area contributed by atoms with Gasteiger partial charge in [-0.05, 0) is 37.6 Å². The molecule has 0 bridgehead atoms. The summed E-state index contributed by atoms with van der Waals surface area (Å²) < 4.78 is 0. The van der Waals surface area contributed by atoms with E-state index in [1.54, 1.807) is 28.3 Å². The van der Waals surface area contributed by atoms with E-state index in [1.165, 1.54) is 0 Å². The van der Waals surface area contributed by atoms with Crippen LogP contribution in [0, 0.1) is 6.92 Å². The Bertz CT molecular complexity index is 1010. The number of nitrogens with one attached hydrogen (secondary N) is 1. The lowest BCUT2D eigenvalue weighted by molar-refractivity contribution is -0.121. The highest BCUT2D eigenvalue weighted by atomic mass is 16.2. The van der Waals surface area contributed by atoms with E-state index in [4.69, 9.17) is 0 Å². The van der Waals surface area contributed by atoms with Crippen LogP contribution in [-0.2, 0) is 4.79 Å². The summed E-state index contributed by atoms with van der Waals surface area (Å²) in [5.41, 5.74) is 3.25. The summed E-state index contributed by atoms with van der Waals surface area (Å²) in [6.07, 6.45) is 3.38. The number of hydrogen-bond donors (Lipinski definition) is 1. The van der Waals surface area contributed by atoms with Crippen LogP contribution < -0.4 is 4.90 Å². The van der Waals surface area contributed by atoms with E-state index in [0.717, 1.165) is 16.8 Å². The molecule has 1 fully saturated rings. The molecule has 0 spiro atoms. The molecule has 6 heteroatoms. The van der Waals surface area contributed by atoms with Crippen molar-refractivity contribution in [1.29, 1.82) is 0 Å². The van der Waals surface area contributed by atoms with Crippen LogP contribution in [-0.4, -0.2) is 45.8 Å². The van der Waals surface area contributed by atoms with Crippen LogP contribution in [0.3, 0.4) is 0 Å². The number of amides is 2. The Morgan fingerprint density at radius 3 is 2.75 bits per heavy atom. The third kappa shape index (κ3) is 3.29. The topological polar surface area (TPSA) is 69.3 Å². The number of aromatic amines is 1. The van der Waals surface area contributed by atoms with E-state index < -0.39 is 0 Å². The molecule has 28 heavy (non-hydrogen) atoms. The second-order valence-electron chi connectivity index (χ2n) is 7.11. The molecule has 1 aromatic heterocycles. The Kier molecular flexibility index (Phi) is 4.69. The van der Waals surface area contributed by atoms with Crippen LogP contribution in [0.15, 0.2) is 60.9 Å². The number of imidazole rings is 1. The van der Waals surface area contributed by atoms with Crippen molar-refractivity contribution in [3.05, 3.63) is 72.1 Å². The molecule has 1 saturated heterocycles. The van der Waals surface area contributed by atoms with Crippen molar-refractivity contribution >= 4 is 17.5 Å². The van der Waals surface area contributed by atoms with Crippen molar-refractivity contribution in [3.63, 3.8) is 0 Å². The van der Waals surface area contributed by atoms with Crippen LogP contribution in [0.1, 0.15) is 22.8 Å². The molecule has 142 valence electrons. The number of H-pyrrole nitrogens is 1. The number of benzene rings is 2. The van der Waals surface area contributed by atoms with Gasteiger partial charge in [-0.2, -0.15) is 0 Å². The molecule has 4 rings (SSSR count). The van der Waals surface area contributed by atoms with Crippen molar-refractivity contribution in [3.8, 4) is 11.4 Å². The average molecular weight is 374 g/mol. The molecule has 1 N–H and O–H groups in total. The number of aromatic nitrogens is 2. The van der Waals surface area contributed by atoms with Crippen molar-refractivity contribution < 1.29 is 9.59 Å². The number of carbonyl (C=O) groups is 2. The fourth-order valence-electron chi connectivity index (χ4n) is 3.61. The van der Waals surface area contributed by atoms with Gasteiger partial charge in [0.25, 0.3) is 5.91 Å². The molecule has 3 aromatic rings. The highest BCUT2D eigenvalue weighted by Crippen LogP contribution is 2.26. The van der Waals surface area contributed by atoms with Gasteiger partial charge in [-0.15, -0.1) is 0 Å². The molecule has 2 aromatic carbocycles. The zero-order chi connectivity index (χ0) is 19.7. The fraction of sp³-hybridized carbons (Fsp3) is 0.227. The number of hydrogen-bond acceptors (Lipinski definition) is 3. The van der Waals surface area contributed by atoms with Crippen molar-refractivity contribution in [2.75, 3.05) is 18.0 Å². The summed E-state index contributed by atoms with van der Waals surface area (Å²) in [5.74, 6) is 0.408. The Morgan fingerprint density at radius 1 is 1.18 bits per heavy atom. The third-order valence-electron chi connectivity index (χ3n) is 5.07. The van der Waals surface area contributed by atoms with Gasteiger partial charge in [0.2, 0.25) is 5.91 Å². The van der Waals surface area contributed by atoms with Crippen LogP contribution in [0.4, 0.5) is 5.69 Å². The van der Waals surface area contributed by atoms with Gasteiger partial charge in [-0.1, -0.05) is 30.3 Å². The molecular weight excluding hydrogens is 352 g/mol. The summed E-state index contributed by atoms with van der Waals surface area (Å²) in [4.78, 5) is 36.8. The van der Waals surface area contributed by atoms with Crippen LogP contribution >= 0.6 is 0 Å². The van der Waals surface area contributed by atoms with Crippen LogP contribution in [0.5, 0.6) is 0 Å². The third-order valence-corrected chi connectivity index (χ3v) is 5.07. The lowest BCUT2D eigenvalue weighted by Gasteiger charge is -2.39. The number of anilines is 1. The zero-order valence-electron chi connectivity index (χ0n) is 15.9. The van der Waals surface area contributed by atoms with Gasteiger partial charge >= 0.3 is 0 Å². The van der Waals surface area contributed by atoms with E-state index in [1.807, 2.05) is 56.3 Å². The first-order valence-electron chi connectivity index (χ1n) is 9.31. The van der Waals surface area contributed by atoms with Gasteiger partial charge in [0, 0.05) is 36.2 Å². The molecule has 1 atom stereocenters. The first-order chi connectivity index (χ1) is 13.5. The highest BCUT2D eigenvalue weighted by Gasteiger charge is 2.34. The molecule has 1 aliphatic heterocycles. The van der Waals surface area contributed by atoms with Gasteiger partial charge in [-0.3, -0.25) is 9.59 Å². The largest absolute Gasteiger partial charge is 0.345 e. The lowest BCUT2D eigenvalue weighted by Crippen LogP contribution is -2.57. The van der Waals surface area contributed by atoms with E-state index in [-0.39, 0.29) is 24.4 Å². The minimum atomic E-state index is -0.156. The van der Waals surface area contributed by atoms with Gasteiger partial charge in [-0.25, -0.2) is 4.98 Å². The molecular formula is C22H22N4O2. The lowest BCUT2D eigenvalue weighted by atomic mass is 10.0. The van der Waals surface area contributed by atoms with Crippen LogP contribution in [0.25, 0.3) is 11.4 Å². The molecule has 6 nitrogen and oxygen atoms in total. The first kappa shape index (κ1) is 18.0. The Balaban J connectivity index is 1.60. The number of carbonyl (C=O) groups excluding carboxylic acids is 2. The summed E-state index contributed by atoms with van der Waals surface area (Å²) in [6, 6.07) is 15.1. The maximum atomic E-state index is 13.3. The number of nitrogens with zero attached hydrogens (tertiary/aromatic N) is 3. The van der Waals surface area contributed by atoms with Gasteiger partial charge in [0.1, 0.15) is 12.4 Å². The maximum Gasteiger partial charge on any atom is 0.255 e. The normalized spacial score (nSPS) is 17.1. The summed E-state index contributed by atoms with van der Waals surface area (Å²) in [6.45, 7) is 4.50. The minimum Gasteiger partial charge on any atom is -0.345 e. The number of aryl methyl sites for hydroxylation is 1. The van der Waals surface area contributed by atoms with E-state index in [0.29, 0.717) is 17.9 Å². The second kappa shape index (κ2) is 7.31. The van der Waals surface area contributed by atoms with Gasteiger partial charge in [0.05, 0.1) is 5.56 Å². The van der Waals surface area contributed by atoms with E-state index >= 15 is 0 Å². The monoisotopic (exact) mass is 374 g/mol. The smallest absolute Gasteiger partial charge is 0.255 e. The van der Waals surface area contributed by atoms with Gasteiger partial charge in [0.15, 0.2) is 0 Å². The minimum absolute atomic E-state index is 0.0560. The standard InChI is InChI=1S/C22H22N4O2/c1-15-6-5-7-17(12-15)26-13-16(2)25(14-20(26)27)22(28)19-9-4-3-8-18(19)21-23-10-11-24-21/h3-12,16H,13-14H2,1-2H3,(H,23,24)/t16-/m0/s1. The highest BCUT2D eigenvalue weighted by molar-refractivity contribution is 6.04. The predicted octanol–water partition coefficient (Wildman–Crippen LogP) is 3.26. The average Bonchev–Trinajstić information content (AvgIpc) is 3.23. The van der Waals surface area contributed by atoms with E-state index in [9.17, 15) is 9.59 Å². The van der Waals surface area contributed by atoms with E-state index in [2.05, 4.69) is 9.97 Å². The number of piperazine rings is 1. The van der Waals surface area contributed by atoms with Crippen LogP contribution in [0.2, 0.25) is 0 Å². The molecule has 0 saturated carbocycles. The zero-order valence-corrected chi connectivity index (χ0v) is 15.9. The van der Waals surface area contributed by atoms with Crippen molar-refractivity contribution in [1.82, 2.24) is 14.9 Å². The SMILES string of the molecule is Cc1cccc(N2C[C@H](C)N(C(=O)c3ccccc3-c3ncc[nH]3)CC2=O)c1. The Hall–Kier alpha value is -3.41. The molecule has 0 radical (unpaired) electrons. The Morgan fingerprint density at radius 2 is 2.00 bits per heavy atom. The molecule has 2 amide bonds. The predicted molar refractivity (Wildman–Crippen MR) is 108 cm³/mol. The molecule has 0 aliphatic carbocycles. The number of rotatable bonds is 3.